The Hall–Kier alpha value is -2.66. The van der Waals surface area contributed by atoms with E-state index in [2.05, 4.69) is 76.2 Å². The number of pyridine rings is 1. The van der Waals surface area contributed by atoms with E-state index >= 15 is 0 Å². The normalized spacial score (nSPS) is 12.2. The van der Waals surface area contributed by atoms with Crippen LogP contribution in [0.5, 0.6) is 0 Å². The highest BCUT2D eigenvalue weighted by molar-refractivity contribution is 5.95. The molecule has 0 bridgehead atoms. The Kier molecular flexibility index (Phi) is 4.82. The molecule has 3 aromatic rings. The van der Waals surface area contributed by atoms with Gasteiger partial charge in [0.15, 0.2) is 0 Å². The van der Waals surface area contributed by atoms with E-state index < -0.39 is 0 Å². The van der Waals surface area contributed by atoms with Gasteiger partial charge < -0.3 is 0 Å². The van der Waals surface area contributed by atoms with E-state index in [1.807, 2.05) is 20.0 Å². The minimum atomic E-state index is -0.359. The van der Waals surface area contributed by atoms with Gasteiger partial charge in [-0.05, 0) is 67.3 Å². The van der Waals surface area contributed by atoms with Crippen molar-refractivity contribution in [2.45, 2.75) is 53.4 Å². The number of aryl methyl sites for hydroxylation is 1. The first kappa shape index (κ1) is 19.1. The highest BCUT2D eigenvalue weighted by Gasteiger charge is 2.19. The average Bonchev–Trinajstić information content (AvgIpc) is 2.59. The van der Waals surface area contributed by atoms with Gasteiger partial charge in [0, 0.05) is 17.1 Å². The number of fused-ring (bicyclic) bond motifs is 1. The van der Waals surface area contributed by atoms with Crippen LogP contribution in [-0.4, -0.2) is 4.98 Å². The number of aromatic nitrogens is 1. The van der Waals surface area contributed by atoms with Crippen LogP contribution in [0.1, 0.15) is 51.3 Å². The molecule has 138 valence electrons. The van der Waals surface area contributed by atoms with Crippen molar-refractivity contribution >= 4 is 10.8 Å². The molecule has 0 saturated heterocycles. The van der Waals surface area contributed by atoms with Gasteiger partial charge in [0.2, 0.25) is 0 Å². The molecule has 27 heavy (non-hydrogen) atoms. The molecule has 2 aromatic carbocycles. The highest BCUT2D eigenvalue weighted by atomic mass is 14.7. The van der Waals surface area contributed by atoms with E-state index in [1.54, 1.807) is 0 Å². The Morgan fingerprint density at radius 3 is 2.37 bits per heavy atom. The Morgan fingerprint density at radius 2 is 1.70 bits per heavy atom. The smallest absolute Gasteiger partial charge is 0.0780 e. The largest absolute Gasteiger partial charge is 0.256 e. The van der Waals surface area contributed by atoms with Crippen molar-refractivity contribution in [3.63, 3.8) is 0 Å². The predicted octanol–water partition coefficient (Wildman–Crippen LogP) is 6.60. The van der Waals surface area contributed by atoms with Crippen molar-refractivity contribution in [1.29, 1.82) is 5.26 Å². The minimum Gasteiger partial charge on any atom is -0.256 e. The van der Waals surface area contributed by atoms with E-state index in [-0.39, 0.29) is 10.8 Å². The molecule has 0 atom stereocenters. The second-order valence-electron chi connectivity index (χ2n) is 9.23. The summed E-state index contributed by atoms with van der Waals surface area (Å²) in [5.41, 5.74) is 5.69. The molecular weight excluding hydrogens is 328 g/mol. The van der Waals surface area contributed by atoms with Crippen LogP contribution in [0.4, 0.5) is 0 Å². The fourth-order valence-electron chi connectivity index (χ4n) is 3.47. The van der Waals surface area contributed by atoms with Gasteiger partial charge in [-0.1, -0.05) is 50.6 Å². The molecule has 0 N–H and O–H groups in total. The van der Waals surface area contributed by atoms with Crippen LogP contribution in [-0.2, 0) is 11.8 Å². The molecule has 1 heterocycles. The van der Waals surface area contributed by atoms with Gasteiger partial charge in [0.25, 0.3) is 0 Å². The van der Waals surface area contributed by atoms with Gasteiger partial charge in [-0.15, -0.1) is 0 Å². The molecule has 0 unspecified atom stereocenters. The summed E-state index contributed by atoms with van der Waals surface area (Å²) in [6.45, 7) is 12.8. The van der Waals surface area contributed by atoms with E-state index in [0.29, 0.717) is 0 Å². The number of nitrogens with zero attached hydrogens (tertiary/aromatic N) is 2. The van der Waals surface area contributed by atoms with Gasteiger partial charge in [-0.2, -0.15) is 5.26 Å². The molecule has 2 nitrogen and oxygen atoms in total. The molecule has 0 fully saturated rings. The molecule has 3 rings (SSSR count). The van der Waals surface area contributed by atoms with Crippen molar-refractivity contribution < 1.29 is 0 Å². The van der Waals surface area contributed by atoms with Gasteiger partial charge in [-0.3, -0.25) is 4.98 Å². The fraction of sp³-hybridized carbons (Fsp3) is 0.360. The average molecular weight is 357 g/mol. The van der Waals surface area contributed by atoms with E-state index in [9.17, 15) is 5.26 Å². The van der Waals surface area contributed by atoms with Gasteiger partial charge in [-0.25, -0.2) is 0 Å². The summed E-state index contributed by atoms with van der Waals surface area (Å²) >= 11 is 0. The zero-order chi connectivity index (χ0) is 19.8. The zero-order valence-electron chi connectivity index (χ0n) is 17.2. The maximum atomic E-state index is 9.32. The molecule has 1 aromatic heterocycles. The van der Waals surface area contributed by atoms with Gasteiger partial charge >= 0.3 is 0 Å². The lowest BCUT2D eigenvalue weighted by molar-refractivity contribution is 0.494. The Balaban J connectivity index is 2.12. The monoisotopic (exact) mass is 356 g/mol. The van der Waals surface area contributed by atoms with Crippen molar-refractivity contribution in [2.75, 3.05) is 0 Å². The number of hydrogen-bond donors (Lipinski definition) is 0. The summed E-state index contributed by atoms with van der Waals surface area (Å²) in [4.78, 5) is 4.71. The first-order valence-corrected chi connectivity index (χ1v) is 9.50. The third-order valence-electron chi connectivity index (χ3n) is 4.99. The van der Waals surface area contributed by atoms with Crippen LogP contribution in [0.15, 0.2) is 48.7 Å². The second kappa shape index (κ2) is 6.82. The summed E-state index contributed by atoms with van der Waals surface area (Å²) in [6, 6.07) is 17.7. The van der Waals surface area contributed by atoms with E-state index in [1.165, 1.54) is 22.1 Å². The first-order valence-electron chi connectivity index (χ1n) is 9.50. The molecule has 0 amide bonds. The fourth-order valence-corrected chi connectivity index (χ4v) is 3.47. The van der Waals surface area contributed by atoms with Crippen molar-refractivity contribution in [2.24, 2.45) is 5.41 Å². The van der Waals surface area contributed by atoms with Crippen LogP contribution in [0.3, 0.4) is 0 Å². The molecule has 0 spiro atoms. The lowest BCUT2D eigenvalue weighted by Gasteiger charge is -2.21. The quantitative estimate of drug-likeness (QED) is 0.530. The second-order valence-corrected chi connectivity index (χ2v) is 9.23. The lowest BCUT2D eigenvalue weighted by atomic mass is 9.84. The summed E-state index contributed by atoms with van der Waals surface area (Å²) < 4.78 is 0. The van der Waals surface area contributed by atoms with Crippen molar-refractivity contribution in [3.8, 4) is 17.3 Å². The summed E-state index contributed by atoms with van der Waals surface area (Å²) in [6.07, 6.45) is 2.63. The standard InChI is InChI=1S/C25H28N2/c1-17-11-20(14-21(12-17)24(2,3)4)23-22-8-7-18(15-25(5,6)16-26)13-19(22)9-10-27-23/h7-14H,15H2,1-6H3. The predicted molar refractivity (Wildman–Crippen MR) is 114 cm³/mol. The third kappa shape index (κ3) is 4.19. The molecule has 0 aliphatic rings. The van der Waals surface area contributed by atoms with E-state index in [0.717, 1.165) is 23.1 Å². The Morgan fingerprint density at radius 1 is 0.963 bits per heavy atom. The van der Waals surface area contributed by atoms with Crippen LogP contribution in [0.25, 0.3) is 22.0 Å². The lowest BCUT2D eigenvalue weighted by Crippen LogP contribution is -2.11. The highest BCUT2D eigenvalue weighted by Crippen LogP contribution is 2.33. The first-order chi connectivity index (χ1) is 12.6. The molecule has 0 aliphatic carbocycles. The van der Waals surface area contributed by atoms with Gasteiger partial charge in [0.05, 0.1) is 17.2 Å². The summed E-state index contributed by atoms with van der Waals surface area (Å²) in [5, 5.41) is 11.6. The maximum Gasteiger partial charge on any atom is 0.0780 e. The molecule has 2 heteroatoms. The van der Waals surface area contributed by atoms with Crippen molar-refractivity contribution in [3.05, 3.63) is 65.4 Å². The maximum absolute atomic E-state index is 9.32. The van der Waals surface area contributed by atoms with E-state index in [4.69, 9.17) is 4.98 Å². The summed E-state index contributed by atoms with van der Waals surface area (Å²) in [5.74, 6) is 0. The van der Waals surface area contributed by atoms with Crippen molar-refractivity contribution in [1.82, 2.24) is 4.98 Å². The van der Waals surface area contributed by atoms with Gasteiger partial charge in [0.1, 0.15) is 0 Å². The molecule has 0 radical (unpaired) electrons. The minimum absolute atomic E-state index is 0.0986. The Bertz CT molecular complexity index is 1030. The number of benzene rings is 2. The van der Waals surface area contributed by atoms with Crippen LogP contribution >= 0.6 is 0 Å². The zero-order valence-corrected chi connectivity index (χ0v) is 17.2. The van der Waals surface area contributed by atoms with Crippen LogP contribution in [0.2, 0.25) is 0 Å². The number of nitriles is 1. The third-order valence-corrected chi connectivity index (χ3v) is 4.99. The molecular formula is C25H28N2. The van der Waals surface area contributed by atoms with Crippen LogP contribution < -0.4 is 0 Å². The van der Waals surface area contributed by atoms with Crippen LogP contribution in [0, 0.1) is 23.7 Å². The summed E-state index contributed by atoms with van der Waals surface area (Å²) in [7, 11) is 0. The topological polar surface area (TPSA) is 36.7 Å². The number of hydrogen-bond acceptors (Lipinski definition) is 2. The Labute approximate surface area is 162 Å². The molecule has 0 aliphatic heterocycles. The SMILES string of the molecule is Cc1cc(-c2nccc3cc(CC(C)(C)C#N)ccc23)cc(C(C)(C)C)c1. The number of rotatable bonds is 3. The molecule has 0 saturated carbocycles.